The summed E-state index contributed by atoms with van der Waals surface area (Å²) in [5.74, 6) is 1.64. The molecule has 1 aromatic carbocycles. The van der Waals surface area contributed by atoms with Gasteiger partial charge < -0.3 is 23.4 Å². The molecule has 1 saturated heterocycles. The normalized spacial score (nSPS) is 20.3. The van der Waals surface area contributed by atoms with E-state index in [1.54, 1.807) is 0 Å². The molecule has 1 aliphatic carbocycles. The number of hydrogen-bond donors (Lipinski definition) is 0. The number of hydrogen-bond acceptors (Lipinski definition) is 5. The highest BCUT2D eigenvalue weighted by Gasteiger charge is 2.54. The molecule has 0 saturated carbocycles. The molecule has 6 nitrogen and oxygen atoms in total. The number of rotatable bonds is 1. The summed E-state index contributed by atoms with van der Waals surface area (Å²) in [5.41, 5.74) is 2.88. The van der Waals surface area contributed by atoms with Gasteiger partial charge in [-0.2, -0.15) is 0 Å². The Kier molecular flexibility index (Phi) is 4.12. The number of ether oxygens (including phenoxy) is 1. The molecule has 3 heterocycles. The lowest BCUT2D eigenvalue weighted by atomic mass is 9.50. The van der Waals surface area contributed by atoms with Crippen molar-refractivity contribution in [3.63, 3.8) is 0 Å². The largest absolute Gasteiger partial charge is 0.556 e. The quantitative estimate of drug-likeness (QED) is 0.343. The molecule has 0 bridgehead atoms. The van der Waals surface area contributed by atoms with Crippen LogP contribution in [0.3, 0.4) is 0 Å². The van der Waals surface area contributed by atoms with Crippen LogP contribution >= 0.6 is 0 Å². The van der Waals surface area contributed by atoms with E-state index in [9.17, 15) is 0 Å². The Morgan fingerprint density at radius 1 is 0.968 bits per heavy atom. The fourth-order valence-electron chi connectivity index (χ4n) is 4.75. The molecule has 0 unspecified atom stereocenters. The maximum atomic E-state index is 6.69. The van der Waals surface area contributed by atoms with Gasteiger partial charge in [0.05, 0.1) is 11.6 Å². The van der Waals surface area contributed by atoms with E-state index in [2.05, 4.69) is 67.5 Å². The lowest BCUT2D eigenvalue weighted by Gasteiger charge is -2.42. The molecule has 5 rings (SSSR count). The van der Waals surface area contributed by atoms with Crippen LogP contribution in [0.2, 0.25) is 0 Å². The van der Waals surface area contributed by atoms with Gasteiger partial charge in [-0.3, -0.25) is 0 Å². The van der Waals surface area contributed by atoms with Gasteiger partial charge in [-0.1, -0.05) is 6.07 Å². The van der Waals surface area contributed by atoms with Crippen molar-refractivity contribution in [2.45, 2.75) is 38.9 Å². The van der Waals surface area contributed by atoms with Crippen LogP contribution in [0.4, 0.5) is 5.69 Å². The fourth-order valence-corrected chi connectivity index (χ4v) is 4.75. The van der Waals surface area contributed by atoms with Crippen molar-refractivity contribution in [3.05, 3.63) is 35.7 Å². The van der Waals surface area contributed by atoms with Gasteiger partial charge in [0.1, 0.15) is 31.2 Å². The first kappa shape index (κ1) is 20.4. The van der Waals surface area contributed by atoms with Gasteiger partial charge in [-0.15, -0.1) is 5.46 Å². The van der Waals surface area contributed by atoms with Gasteiger partial charge in [0.15, 0.2) is 0 Å². The Bertz CT molecular complexity index is 1240. The van der Waals surface area contributed by atoms with Crippen molar-refractivity contribution in [2.75, 3.05) is 39.6 Å². The lowest BCUT2D eigenvalue weighted by molar-refractivity contribution is 0.00578. The highest BCUT2D eigenvalue weighted by molar-refractivity contribution is 6.84. The van der Waals surface area contributed by atoms with E-state index in [1.807, 2.05) is 28.2 Å². The molecule has 0 N–H and O–H groups in total. The summed E-state index contributed by atoms with van der Waals surface area (Å²) in [7, 11) is 8.11. The zero-order chi connectivity index (χ0) is 22.3. The van der Waals surface area contributed by atoms with Crippen LogP contribution in [0.5, 0.6) is 5.75 Å². The summed E-state index contributed by atoms with van der Waals surface area (Å²) in [6, 6.07) is 10.4. The Hall–Kier alpha value is -2.51. The minimum absolute atomic E-state index is 0.348. The maximum Gasteiger partial charge on any atom is 0.307 e. The second kappa shape index (κ2) is 6.27. The molecular weight excluding hydrogens is 391 g/mol. The Balaban J connectivity index is 1.87. The summed E-state index contributed by atoms with van der Waals surface area (Å²) < 4.78 is 28.3. The molecule has 4 aliphatic rings. The average molecular weight is 422 g/mol. The van der Waals surface area contributed by atoms with Gasteiger partial charge in [0, 0.05) is 55.0 Å². The van der Waals surface area contributed by atoms with Crippen molar-refractivity contribution < 1.29 is 18.5 Å². The van der Waals surface area contributed by atoms with Crippen LogP contribution < -0.4 is 25.0 Å². The first-order valence-corrected chi connectivity index (χ1v) is 10.9. The van der Waals surface area contributed by atoms with E-state index in [0.29, 0.717) is 6.51 Å². The molecule has 0 aromatic heterocycles. The third-order valence-corrected chi connectivity index (χ3v) is 7.15. The van der Waals surface area contributed by atoms with Crippen molar-refractivity contribution >= 4 is 28.7 Å². The molecule has 1 aromatic rings. The van der Waals surface area contributed by atoms with Gasteiger partial charge in [-0.05, 0) is 33.8 Å². The molecule has 0 amide bonds. The van der Waals surface area contributed by atoms with Gasteiger partial charge >= 0.3 is 6.55 Å². The van der Waals surface area contributed by atoms with Crippen LogP contribution in [0.25, 0.3) is 22.3 Å². The van der Waals surface area contributed by atoms with Crippen LogP contribution in [-0.4, -0.2) is 52.5 Å². The summed E-state index contributed by atoms with van der Waals surface area (Å²) in [6.45, 7) is 6.85. The smallest absolute Gasteiger partial charge is 0.307 e. The number of anilines is 1. The Morgan fingerprint density at radius 2 is 1.65 bits per heavy atom. The maximum absolute atomic E-state index is 6.69. The molecule has 0 atom stereocenters. The molecule has 1 fully saturated rings. The summed E-state index contributed by atoms with van der Waals surface area (Å²) in [5, 5.41) is 2.02. The molecule has 0 radical (unpaired) electrons. The lowest BCUT2D eigenvalue weighted by Crippen LogP contribution is -2.59. The van der Waals surface area contributed by atoms with Gasteiger partial charge in [0.2, 0.25) is 5.36 Å². The molecule has 1 spiro atoms. The van der Waals surface area contributed by atoms with Crippen molar-refractivity contribution in [1.82, 2.24) is 4.58 Å². The molecular formula is C24H31BN2O4. The van der Waals surface area contributed by atoms with Crippen LogP contribution in [0, 0.1) is 0 Å². The fraction of sp³-hybridized carbons (Fsp3) is 0.458. The van der Waals surface area contributed by atoms with Gasteiger partial charge in [0.25, 0.3) is 0 Å². The molecule has 3 aliphatic heterocycles. The standard InChI is InChI=1S/C24H31BN2O4/c1-23(2)24(3,4)31-25(30-23)14-28-22-17-10-9-15(26(5)6)12-19(17)29-20-13-16(27(7)8)11-18(25)21(20)22/h9-13H,14H2,1-8H3. The average Bonchev–Trinajstić information content (AvgIpc) is 2.87. The minimum Gasteiger partial charge on any atom is -0.556 e. The van der Waals surface area contributed by atoms with E-state index < -0.39 is 17.8 Å². The highest BCUT2D eigenvalue weighted by Crippen LogP contribution is 2.47. The first-order chi connectivity index (χ1) is 14.4. The zero-order valence-electron chi connectivity index (χ0n) is 19.7. The zero-order valence-corrected chi connectivity index (χ0v) is 19.7. The van der Waals surface area contributed by atoms with Crippen LogP contribution in [0.15, 0.2) is 34.7 Å². The summed E-state index contributed by atoms with van der Waals surface area (Å²) in [4.78, 5) is 2.08. The second-order valence-corrected chi connectivity index (χ2v) is 10.2. The number of benzene rings is 2. The first-order valence-electron chi connectivity index (χ1n) is 10.9. The minimum atomic E-state index is -1.83. The van der Waals surface area contributed by atoms with Crippen molar-refractivity contribution in [3.8, 4) is 17.1 Å². The SMILES string of the molecule is CN(C)c1cc2c3c(c4ccc(=[N+](C)C)cc-4oc3c1)OC[B-]21OC(C)(C)C(C)(C)O1. The topological polar surface area (TPSA) is 47.1 Å². The van der Waals surface area contributed by atoms with Crippen LogP contribution in [-0.2, 0) is 9.31 Å². The molecule has 7 heteroatoms. The van der Waals surface area contributed by atoms with E-state index in [-0.39, 0.29) is 0 Å². The molecule has 31 heavy (non-hydrogen) atoms. The highest BCUT2D eigenvalue weighted by atomic mass is 16.7. The second-order valence-electron chi connectivity index (χ2n) is 10.2. The Morgan fingerprint density at radius 3 is 2.26 bits per heavy atom. The van der Waals surface area contributed by atoms with Gasteiger partial charge in [-0.25, -0.2) is 4.58 Å². The van der Waals surface area contributed by atoms with E-state index >= 15 is 0 Å². The molecule has 164 valence electrons. The number of nitrogens with zero attached hydrogens (tertiary/aromatic N) is 2. The summed E-state index contributed by atoms with van der Waals surface area (Å²) in [6.07, 6.45) is 0. The third-order valence-electron chi connectivity index (χ3n) is 7.15. The summed E-state index contributed by atoms with van der Waals surface area (Å²) >= 11 is 0. The number of fused-ring (bicyclic) bond motifs is 3. The van der Waals surface area contributed by atoms with Crippen molar-refractivity contribution in [1.29, 1.82) is 0 Å². The predicted octanol–water partition coefficient (Wildman–Crippen LogP) is 2.82. The van der Waals surface area contributed by atoms with E-state index in [0.717, 1.165) is 44.5 Å². The monoisotopic (exact) mass is 422 g/mol. The predicted molar refractivity (Wildman–Crippen MR) is 125 cm³/mol. The van der Waals surface area contributed by atoms with Crippen LogP contribution in [0.1, 0.15) is 27.7 Å². The third kappa shape index (κ3) is 2.83. The van der Waals surface area contributed by atoms with E-state index in [1.165, 1.54) is 0 Å². The van der Waals surface area contributed by atoms with E-state index in [4.69, 9.17) is 18.5 Å². The van der Waals surface area contributed by atoms with Crippen molar-refractivity contribution in [2.24, 2.45) is 0 Å². The Labute approximate surface area is 183 Å².